The van der Waals surface area contributed by atoms with E-state index in [0.29, 0.717) is 6.04 Å². The van der Waals surface area contributed by atoms with E-state index < -0.39 is 0 Å². The molecule has 0 aromatic carbocycles. The summed E-state index contributed by atoms with van der Waals surface area (Å²) in [6.45, 7) is 6.95. The van der Waals surface area contributed by atoms with Gasteiger partial charge in [0.1, 0.15) is 0 Å². The summed E-state index contributed by atoms with van der Waals surface area (Å²) in [4.78, 5) is 4.57. The van der Waals surface area contributed by atoms with Crippen molar-refractivity contribution in [3.05, 3.63) is 18.5 Å². The fourth-order valence-corrected chi connectivity index (χ4v) is 2.79. The number of aliphatic hydroxyl groups is 1. The molecule has 1 aromatic rings. The highest BCUT2D eigenvalue weighted by Gasteiger charge is 2.30. The first kappa shape index (κ1) is 13.1. The van der Waals surface area contributed by atoms with Gasteiger partial charge in [0.15, 0.2) is 0 Å². The van der Waals surface area contributed by atoms with Crippen LogP contribution >= 0.6 is 0 Å². The van der Waals surface area contributed by atoms with Crippen LogP contribution in [0.15, 0.2) is 18.5 Å². The largest absolute Gasteiger partial charge is 0.390 e. The number of hydrogen-bond donors (Lipinski definition) is 1. The number of likely N-dealkylation sites (tertiary alicyclic amines) is 1. The zero-order valence-electron chi connectivity index (χ0n) is 11.2. The van der Waals surface area contributed by atoms with E-state index >= 15 is 0 Å². The lowest BCUT2D eigenvalue weighted by molar-refractivity contribution is -0.00712. The standard InChI is InChI=1S/C13H22N4O2/c18-13(10-15-4-6-19-7-5-15)11-16-8-12(9-16)17-3-1-2-14-17/h1-3,12-13,18H,4-11H2/t13-/m0/s1. The molecule has 2 fully saturated rings. The Balaban J connectivity index is 1.36. The molecule has 2 aliphatic rings. The van der Waals surface area contributed by atoms with E-state index in [2.05, 4.69) is 14.9 Å². The Kier molecular flexibility index (Phi) is 4.12. The fourth-order valence-electron chi connectivity index (χ4n) is 2.79. The Morgan fingerprint density at radius 1 is 1.21 bits per heavy atom. The molecule has 1 aromatic heterocycles. The van der Waals surface area contributed by atoms with E-state index in [1.54, 1.807) is 0 Å². The third-order valence-electron chi connectivity index (χ3n) is 3.88. The maximum absolute atomic E-state index is 10.1. The zero-order chi connectivity index (χ0) is 13.1. The second kappa shape index (κ2) is 6.00. The fraction of sp³-hybridized carbons (Fsp3) is 0.769. The molecule has 0 bridgehead atoms. The molecule has 0 saturated carbocycles. The summed E-state index contributed by atoms with van der Waals surface area (Å²) < 4.78 is 7.31. The van der Waals surface area contributed by atoms with E-state index in [4.69, 9.17) is 4.74 Å². The Morgan fingerprint density at radius 3 is 2.63 bits per heavy atom. The molecule has 0 radical (unpaired) electrons. The van der Waals surface area contributed by atoms with Crippen LogP contribution in [0.4, 0.5) is 0 Å². The van der Waals surface area contributed by atoms with E-state index in [-0.39, 0.29) is 6.10 Å². The van der Waals surface area contributed by atoms with Crippen molar-refractivity contribution < 1.29 is 9.84 Å². The molecule has 0 aliphatic carbocycles. The summed E-state index contributed by atoms with van der Waals surface area (Å²) >= 11 is 0. The lowest BCUT2D eigenvalue weighted by atomic mass is 10.1. The number of aromatic nitrogens is 2. The molecule has 1 atom stereocenters. The molecule has 6 heteroatoms. The van der Waals surface area contributed by atoms with Crippen LogP contribution in [0.1, 0.15) is 6.04 Å². The summed E-state index contributed by atoms with van der Waals surface area (Å²) in [5, 5.41) is 14.4. The lowest BCUT2D eigenvalue weighted by Crippen LogP contribution is -2.52. The zero-order valence-corrected chi connectivity index (χ0v) is 11.2. The van der Waals surface area contributed by atoms with Gasteiger partial charge in [0.05, 0.1) is 25.4 Å². The third-order valence-corrected chi connectivity index (χ3v) is 3.88. The highest BCUT2D eigenvalue weighted by Crippen LogP contribution is 2.20. The van der Waals surface area contributed by atoms with Crippen LogP contribution in [0.25, 0.3) is 0 Å². The summed E-state index contributed by atoms with van der Waals surface area (Å²) in [7, 11) is 0. The molecule has 1 N–H and O–H groups in total. The number of aliphatic hydroxyl groups excluding tert-OH is 1. The van der Waals surface area contributed by atoms with Crippen molar-refractivity contribution in [2.45, 2.75) is 12.1 Å². The van der Waals surface area contributed by atoms with Crippen molar-refractivity contribution in [1.82, 2.24) is 19.6 Å². The maximum Gasteiger partial charge on any atom is 0.0793 e. The highest BCUT2D eigenvalue weighted by molar-refractivity contribution is 4.90. The lowest BCUT2D eigenvalue weighted by Gasteiger charge is -2.40. The third kappa shape index (κ3) is 3.33. The molecular formula is C13H22N4O2. The molecule has 0 unspecified atom stereocenters. The number of ether oxygens (including phenoxy) is 1. The highest BCUT2D eigenvalue weighted by atomic mass is 16.5. The van der Waals surface area contributed by atoms with Crippen LogP contribution in [0.2, 0.25) is 0 Å². The number of morpholine rings is 1. The summed E-state index contributed by atoms with van der Waals surface area (Å²) in [6.07, 6.45) is 3.55. The van der Waals surface area contributed by atoms with Gasteiger partial charge in [0, 0.05) is 51.7 Å². The van der Waals surface area contributed by atoms with Crippen molar-refractivity contribution >= 4 is 0 Å². The molecule has 2 aliphatic heterocycles. The Labute approximate surface area is 113 Å². The van der Waals surface area contributed by atoms with Crippen LogP contribution in [0.3, 0.4) is 0 Å². The molecule has 0 spiro atoms. The molecule has 2 saturated heterocycles. The SMILES string of the molecule is O[C@@H](CN1CCOCC1)CN1CC(n2cccn2)C1. The van der Waals surface area contributed by atoms with E-state index in [0.717, 1.165) is 52.5 Å². The van der Waals surface area contributed by atoms with Crippen LogP contribution < -0.4 is 0 Å². The van der Waals surface area contributed by atoms with Crippen molar-refractivity contribution in [3.63, 3.8) is 0 Å². The monoisotopic (exact) mass is 266 g/mol. The van der Waals surface area contributed by atoms with E-state index in [1.807, 2.05) is 23.1 Å². The molecule has 19 heavy (non-hydrogen) atoms. The van der Waals surface area contributed by atoms with Gasteiger partial charge < -0.3 is 9.84 Å². The van der Waals surface area contributed by atoms with Gasteiger partial charge in [0.2, 0.25) is 0 Å². The minimum Gasteiger partial charge on any atom is -0.390 e. The Bertz CT molecular complexity index is 372. The van der Waals surface area contributed by atoms with Crippen LogP contribution in [-0.4, -0.2) is 83.3 Å². The summed E-state index contributed by atoms with van der Waals surface area (Å²) in [5.41, 5.74) is 0. The number of hydrogen-bond acceptors (Lipinski definition) is 5. The molecule has 3 rings (SSSR count). The normalized spacial score (nSPS) is 24.3. The van der Waals surface area contributed by atoms with Crippen LogP contribution in [-0.2, 0) is 4.74 Å². The quantitative estimate of drug-likeness (QED) is 0.774. The Morgan fingerprint density at radius 2 is 1.95 bits per heavy atom. The molecule has 106 valence electrons. The van der Waals surface area contributed by atoms with Gasteiger partial charge in [-0.25, -0.2) is 0 Å². The van der Waals surface area contributed by atoms with Crippen LogP contribution in [0.5, 0.6) is 0 Å². The van der Waals surface area contributed by atoms with Gasteiger partial charge >= 0.3 is 0 Å². The van der Waals surface area contributed by atoms with Crippen molar-refractivity contribution in [2.75, 3.05) is 52.5 Å². The van der Waals surface area contributed by atoms with Gasteiger partial charge in [-0.1, -0.05) is 0 Å². The first-order valence-electron chi connectivity index (χ1n) is 7.01. The average Bonchev–Trinajstić information content (AvgIpc) is 2.88. The van der Waals surface area contributed by atoms with Crippen molar-refractivity contribution in [1.29, 1.82) is 0 Å². The predicted molar refractivity (Wildman–Crippen MR) is 71.0 cm³/mol. The smallest absolute Gasteiger partial charge is 0.0793 e. The van der Waals surface area contributed by atoms with Gasteiger partial charge in [-0.15, -0.1) is 0 Å². The number of nitrogens with zero attached hydrogens (tertiary/aromatic N) is 4. The molecule has 3 heterocycles. The van der Waals surface area contributed by atoms with Gasteiger partial charge in [-0.2, -0.15) is 5.10 Å². The minimum absolute atomic E-state index is 0.267. The number of rotatable bonds is 5. The Hall–Kier alpha value is -0.950. The number of β-amino-alcohol motifs (C(OH)–C–C–N with tert-alkyl or cyclic N) is 1. The van der Waals surface area contributed by atoms with Crippen LogP contribution in [0, 0.1) is 0 Å². The molecular weight excluding hydrogens is 244 g/mol. The van der Waals surface area contributed by atoms with Gasteiger partial charge in [-0.05, 0) is 6.07 Å². The van der Waals surface area contributed by atoms with E-state index in [9.17, 15) is 5.11 Å². The first-order chi connectivity index (χ1) is 9.31. The van der Waals surface area contributed by atoms with Crippen molar-refractivity contribution in [3.8, 4) is 0 Å². The topological polar surface area (TPSA) is 53.8 Å². The first-order valence-corrected chi connectivity index (χ1v) is 7.01. The minimum atomic E-state index is -0.267. The predicted octanol–water partition coefficient (Wildman–Crippen LogP) is -0.567. The van der Waals surface area contributed by atoms with Gasteiger partial charge in [0.25, 0.3) is 0 Å². The summed E-state index contributed by atoms with van der Waals surface area (Å²) in [6, 6.07) is 2.43. The average molecular weight is 266 g/mol. The second-order valence-corrected chi connectivity index (χ2v) is 5.43. The summed E-state index contributed by atoms with van der Waals surface area (Å²) in [5.74, 6) is 0. The maximum atomic E-state index is 10.1. The van der Waals surface area contributed by atoms with Crippen molar-refractivity contribution in [2.24, 2.45) is 0 Å². The van der Waals surface area contributed by atoms with Gasteiger partial charge in [-0.3, -0.25) is 14.5 Å². The van der Waals surface area contributed by atoms with E-state index in [1.165, 1.54) is 0 Å². The second-order valence-electron chi connectivity index (χ2n) is 5.43. The molecule has 0 amide bonds. The molecule has 6 nitrogen and oxygen atoms in total.